The monoisotopic (exact) mass is 573 g/mol. The number of allylic oxidation sites excluding steroid dienone is 4. The fourth-order valence-electron chi connectivity index (χ4n) is 4.02. The molecule has 0 unspecified atom stereocenters. The number of aromatic nitrogens is 1. The van der Waals surface area contributed by atoms with Crippen LogP contribution in [0.2, 0.25) is 0 Å². The van der Waals surface area contributed by atoms with Crippen LogP contribution in [0.15, 0.2) is 53.9 Å². The molecule has 0 aliphatic carbocycles. The van der Waals surface area contributed by atoms with E-state index < -0.39 is 17.6 Å². The summed E-state index contributed by atoms with van der Waals surface area (Å²) < 4.78 is 51.7. The maximum Gasteiger partial charge on any atom is 0.430 e. The van der Waals surface area contributed by atoms with Gasteiger partial charge in [-0.3, -0.25) is 10.8 Å². The second-order valence-corrected chi connectivity index (χ2v) is 9.89. The molecule has 6 N–H and O–H groups in total. The Bertz CT molecular complexity index is 1200. The third-order valence-corrected chi connectivity index (χ3v) is 6.16. The summed E-state index contributed by atoms with van der Waals surface area (Å²) in [6.07, 6.45) is 5.26. The lowest BCUT2D eigenvalue weighted by atomic mass is 9.99. The lowest BCUT2D eigenvalue weighted by Gasteiger charge is -2.18. The smallest absolute Gasteiger partial charge is 0.430 e. The molecule has 2 aromatic rings. The van der Waals surface area contributed by atoms with Gasteiger partial charge in [0.1, 0.15) is 17.2 Å². The predicted octanol–water partition coefficient (Wildman–Crippen LogP) is 7.67. The molecule has 0 amide bonds. The minimum Gasteiger partial charge on any atom is -0.493 e. The Labute approximate surface area is 240 Å². The van der Waals surface area contributed by atoms with Crippen LogP contribution in [-0.4, -0.2) is 35.8 Å². The van der Waals surface area contributed by atoms with Gasteiger partial charge in [0, 0.05) is 5.70 Å². The number of hydrogen-bond acceptors (Lipinski definition) is 7. The van der Waals surface area contributed by atoms with E-state index in [1.165, 1.54) is 12.1 Å². The molecule has 1 aromatic heterocycles. The number of ether oxygens (including phenoxy) is 2. The lowest BCUT2D eigenvalue weighted by Crippen LogP contribution is -2.21. The summed E-state index contributed by atoms with van der Waals surface area (Å²) >= 11 is 0. The van der Waals surface area contributed by atoms with Gasteiger partial charge in [0.25, 0.3) is 0 Å². The molecule has 1 heterocycles. The summed E-state index contributed by atoms with van der Waals surface area (Å²) in [7, 11) is 0. The number of unbranched alkanes of at least 4 members (excludes halogenated alkanes) is 6. The average Bonchev–Trinajstić information content (AvgIpc) is 2.91. The van der Waals surface area contributed by atoms with Gasteiger partial charge in [-0.25, -0.2) is 4.98 Å². The van der Waals surface area contributed by atoms with Crippen molar-refractivity contribution in [1.29, 1.82) is 10.8 Å². The molecule has 7 nitrogen and oxygen atoms in total. The summed E-state index contributed by atoms with van der Waals surface area (Å²) in [5.41, 5.74) is 10.4. The van der Waals surface area contributed by atoms with Gasteiger partial charge in [-0.05, 0) is 61.7 Å². The van der Waals surface area contributed by atoms with Gasteiger partial charge in [0.05, 0.1) is 41.6 Å². The molecule has 0 aliphatic rings. The largest absolute Gasteiger partial charge is 0.493 e. The lowest BCUT2D eigenvalue weighted by molar-refractivity contribution is -0.0925. The van der Waals surface area contributed by atoms with Crippen LogP contribution in [0, 0.1) is 10.8 Å². The summed E-state index contributed by atoms with van der Waals surface area (Å²) in [5.74, 6) is 1.06. The molecule has 1 aromatic carbocycles. The van der Waals surface area contributed by atoms with Crippen LogP contribution < -0.4 is 20.9 Å². The minimum atomic E-state index is -4.80. The molecule has 0 fully saturated rings. The van der Waals surface area contributed by atoms with E-state index in [-0.39, 0.29) is 17.1 Å². The van der Waals surface area contributed by atoms with Crippen LogP contribution in [0.25, 0.3) is 11.1 Å². The van der Waals surface area contributed by atoms with Gasteiger partial charge in [-0.2, -0.15) is 13.2 Å². The van der Waals surface area contributed by atoms with Gasteiger partial charge in [0.2, 0.25) is 0 Å². The van der Waals surface area contributed by atoms with E-state index in [0.717, 1.165) is 51.4 Å². The summed E-state index contributed by atoms with van der Waals surface area (Å²) in [4.78, 5) is 4.30. The first-order valence-electron chi connectivity index (χ1n) is 14.0. The van der Waals surface area contributed by atoms with Crippen molar-refractivity contribution in [3.63, 3.8) is 0 Å². The highest BCUT2D eigenvalue weighted by atomic mass is 19.4. The SMILES string of the molecule is CCCCCCOc1cccc(OCCCCCC)c1-c1cc(C(=N)C=C(C)N)nc(C(=N)C=C(N)C(F)(F)F)c1. The van der Waals surface area contributed by atoms with E-state index in [1.54, 1.807) is 25.1 Å². The highest BCUT2D eigenvalue weighted by Gasteiger charge is 2.32. The van der Waals surface area contributed by atoms with Crippen molar-refractivity contribution in [2.75, 3.05) is 13.2 Å². The summed E-state index contributed by atoms with van der Waals surface area (Å²) in [6.45, 7) is 6.83. The predicted molar refractivity (Wildman–Crippen MR) is 159 cm³/mol. The quantitative estimate of drug-likeness (QED) is 0.114. The first-order chi connectivity index (χ1) is 19.5. The maximum absolute atomic E-state index is 13.1. The number of pyridine rings is 1. The number of nitrogens with one attached hydrogen (secondary N) is 2. The fraction of sp³-hybridized carbons (Fsp3) is 0.452. The van der Waals surface area contributed by atoms with E-state index >= 15 is 0 Å². The van der Waals surface area contributed by atoms with Crippen LogP contribution in [0.4, 0.5) is 13.2 Å². The molecule has 41 heavy (non-hydrogen) atoms. The van der Waals surface area contributed by atoms with Gasteiger partial charge in [-0.1, -0.05) is 58.4 Å². The van der Waals surface area contributed by atoms with Crippen LogP contribution in [0.3, 0.4) is 0 Å². The van der Waals surface area contributed by atoms with Crippen molar-refractivity contribution in [1.82, 2.24) is 4.98 Å². The first kappa shape index (κ1) is 33.4. The number of alkyl halides is 3. The number of hydrogen-bond donors (Lipinski definition) is 4. The third-order valence-electron chi connectivity index (χ3n) is 6.16. The second kappa shape index (κ2) is 16.4. The highest BCUT2D eigenvalue weighted by molar-refractivity contribution is 6.10. The Morgan fingerprint density at radius 3 is 1.76 bits per heavy atom. The molecule has 0 aliphatic heterocycles. The molecule has 0 radical (unpaired) electrons. The van der Waals surface area contributed by atoms with Crippen molar-refractivity contribution in [2.24, 2.45) is 11.5 Å². The van der Waals surface area contributed by atoms with E-state index in [4.69, 9.17) is 31.8 Å². The zero-order chi connectivity index (χ0) is 30.4. The van der Waals surface area contributed by atoms with Gasteiger partial charge >= 0.3 is 6.18 Å². The second-order valence-electron chi connectivity index (χ2n) is 9.89. The molecule has 0 saturated carbocycles. The maximum atomic E-state index is 13.1. The minimum absolute atomic E-state index is 0.0614. The van der Waals surface area contributed by atoms with Crippen LogP contribution >= 0.6 is 0 Å². The Morgan fingerprint density at radius 2 is 1.32 bits per heavy atom. The van der Waals surface area contributed by atoms with Gasteiger partial charge < -0.3 is 20.9 Å². The van der Waals surface area contributed by atoms with Crippen LogP contribution in [0.5, 0.6) is 11.5 Å². The Balaban J connectivity index is 2.65. The number of benzene rings is 1. The Morgan fingerprint density at radius 1 is 0.829 bits per heavy atom. The number of nitrogens with two attached hydrogens (primary N) is 2. The molecular weight excluding hydrogens is 531 g/mol. The molecular formula is C31H42F3N5O2. The molecule has 0 bridgehead atoms. The molecule has 224 valence electrons. The van der Waals surface area contributed by atoms with Crippen molar-refractivity contribution in [3.05, 3.63) is 65.3 Å². The third kappa shape index (κ3) is 10.9. The molecule has 0 spiro atoms. The average molecular weight is 574 g/mol. The molecule has 2 rings (SSSR count). The van der Waals surface area contributed by atoms with E-state index in [9.17, 15) is 13.2 Å². The molecule has 0 saturated heterocycles. The van der Waals surface area contributed by atoms with Crippen LogP contribution in [-0.2, 0) is 0 Å². The zero-order valence-corrected chi connectivity index (χ0v) is 24.2. The van der Waals surface area contributed by atoms with E-state index in [1.807, 2.05) is 6.07 Å². The van der Waals surface area contributed by atoms with Gasteiger partial charge in [-0.15, -0.1) is 0 Å². The number of halogens is 3. The van der Waals surface area contributed by atoms with Crippen molar-refractivity contribution in [3.8, 4) is 22.6 Å². The zero-order valence-electron chi connectivity index (χ0n) is 24.2. The number of nitrogens with zero attached hydrogens (tertiary/aromatic N) is 1. The van der Waals surface area contributed by atoms with E-state index in [2.05, 4.69) is 18.8 Å². The van der Waals surface area contributed by atoms with E-state index in [0.29, 0.717) is 47.6 Å². The summed E-state index contributed by atoms with van der Waals surface area (Å²) in [5, 5.41) is 16.8. The first-order valence-corrected chi connectivity index (χ1v) is 14.0. The molecule has 10 heteroatoms. The standard InChI is InChI=1S/C31H42F3N5O2/c1-4-6-8-10-15-40-27-13-12-14-28(41-16-11-9-7-5-2)30(27)22-18-25(23(36)17-21(3)35)39-26(19-22)24(37)20-29(38)31(32,33)34/h12-14,17-20,36-37H,4-11,15-16,35,38H2,1-3H3. The summed E-state index contributed by atoms with van der Waals surface area (Å²) in [6, 6.07) is 8.55. The van der Waals surface area contributed by atoms with Crippen molar-refractivity contribution in [2.45, 2.75) is 78.3 Å². The molecule has 0 atom stereocenters. The number of rotatable bonds is 17. The normalized spacial score (nSPS) is 12.3. The fourth-order valence-corrected chi connectivity index (χ4v) is 4.02. The van der Waals surface area contributed by atoms with Crippen molar-refractivity contribution < 1.29 is 22.6 Å². The van der Waals surface area contributed by atoms with Crippen molar-refractivity contribution >= 4 is 11.4 Å². The topological polar surface area (TPSA) is 131 Å². The highest BCUT2D eigenvalue weighted by Crippen LogP contribution is 2.39. The Hall–Kier alpha value is -3.82. The van der Waals surface area contributed by atoms with Gasteiger partial charge in [0.15, 0.2) is 0 Å². The van der Waals surface area contributed by atoms with Crippen LogP contribution in [0.1, 0.15) is 83.5 Å². The Kier molecular flexibility index (Phi) is 13.4.